The van der Waals surface area contributed by atoms with Crippen LogP contribution < -0.4 is 15.6 Å². The van der Waals surface area contributed by atoms with Gasteiger partial charge in [-0.2, -0.15) is 4.98 Å². The summed E-state index contributed by atoms with van der Waals surface area (Å²) in [5.74, 6) is 0.464. The first-order valence-corrected chi connectivity index (χ1v) is 12.1. The summed E-state index contributed by atoms with van der Waals surface area (Å²) >= 11 is 7.14. The van der Waals surface area contributed by atoms with Gasteiger partial charge in [0.1, 0.15) is 5.69 Å². The number of benzene rings is 1. The smallest absolute Gasteiger partial charge is 0.383 e. The van der Waals surface area contributed by atoms with Gasteiger partial charge in [-0.25, -0.2) is 10.1 Å². The molecule has 0 unspecified atom stereocenters. The van der Waals surface area contributed by atoms with Gasteiger partial charge in [0.15, 0.2) is 5.11 Å². The van der Waals surface area contributed by atoms with E-state index in [9.17, 15) is 4.79 Å². The molecule has 1 fully saturated rings. The van der Waals surface area contributed by atoms with Gasteiger partial charge in [-0.1, -0.05) is 50.3 Å². The zero-order valence-corrected chi connectivity index (χ0v) is 20.5. The van der Waals surface area contributed by atoms with E-state index in [0.717, 1.165) is 43.3 Å². The summed E-state index contributed by atoms with van der Waals surface area (Å²) in [5, 5.41) is 8.94. The number of aromatic nitrogens is 1. The molecule has 1 aliphatic heterocycles. The largest absolute Gasteiger partial charge is 0.412 e. The Balaban J connectivity index is 1.58. The van der Waals surface area contributed by atoms with Gasteiger partial charge in [-0.05, 0) is 36.5 Å². The number of hydrogen-bond acceptors (Lipinski definition) is 4. The fourth-order valence-corrected chi connectivity index (χ4v) is 5.18. The van der Waals surface area contributed by atoms with Crippen LogP contribution in [-0.2, 0) is 10.2 Å². The van der Waals surface area contributed by atoms with Crippen LogP contribution in [0.4, 0.5) is 5.69 Å². The standard InChI is InChI=1S/C23H32N4O2S2/c1-23(2,3)17-7-5-6-8-18(17)25-20(28)19-15-31-21(26-19)16-9-12-27(13-10-16)22(30)24-11-14-29-4/h5-8,15-16H,9-14H2,1-4H3,(H,24,30)(H,25,28)/p+2. The summed E-state index contributed by atoms with van der Waals surface area (Å²) in [6.07, 6.45) is 2.04. The maximum Gasteiger partial charge on any atom is 0.412 e. The molecule has 0 saturated carbocycles. The van der Waals surface area contributed by atoms with Crippen LogP contribution in [0.5, 0.6) is 0 Å². The third-order valence-corrected chi connectivity index (χ3v) is 7.06. The van der Waals surface area contributed by atoms with E-state index in [1.165, 1.54) is 10.6 Å². The van der Waals surface area contributed by atoms with Crippen molar-refractivity contribution < 1.29 is 19.8 Å². The number of para-hydroxylation sites is 1. The van der Waals surface area contributed by atoms with Crippen molar-refractivity contribution in [1.82, 2.24) is 10.2 Å². The first-order valence-electron chi connectivity index (χ1n) is 10.8. The van der Waals surface area contributed by atoms with Crippen LogP contribution in [0.1, 0.15) is 60.6 Å². The number of thiazole rings is 1. The highest BCUT2D eigenvalue weighted by Crippen LogP contribution is 2.29. The Morgan fingerprint density at radius 3 is 2.71 bits per heavy atom. The second-order valence-corrected chi connectivity index (χ2v) is 10.3. The molecule has 0 bridgehead atoms. The molecule has 1 aliphatic rings. The number of quaternary nitrogens is 1. The number of amides is 1. The Morgan fingerprint density at radius 2 is 2.03 bits per heavy atom. The minimum atomic E-state index is -0.0101. The average Bonchev–Trinajstić information content (AvgIpc) is 3.24. The number of carbonyl (C=O) groups is 1. The number of ether oxygens (including phenoxy) is 1. The molecule has 3 rings (SSSR count). The van der Waals surface area contributed by atoms with E-state index in [1.54, 1.807) is 23.8 Å². The number of H-pyrrole nitrogens is 1. The van der Waals surface area contributed by atoms with Gasteiger partial charge >= 0.3 is 11.6 Å². The molecule has 1 amide bonds. The van der Waals surface area contributed by atoms with Crippen molar-refractivity contribution in [2.45, 2.75) is 44.9 Å². The number of methoxy groups -OCH3 is 1. The molecule has 1 aromatic heterocycles. The van der Waals surface area contributed by atoms with Crippen molar-refractivity contribution >= 4 is 40.3 Å². The minimum Gasteiger partial charge on any atom is -0.383 e. The number of primary amides is 1. The normalized spacial score (nSPS) is 15.2. The topological polar surface area (TPSA) is 72.3 Å². The lowest BCUT2D eigenvalue weighted by Crippen LogP contribution is -2.83. The van der Waals surface area contributed by atoms with Crippen molar-refractivity contribution in [2.24, 2.45) is 0 Å². The van der Waals surface area contributed by atoms with E-state index < -0.39 is 0 Å². The molecule has 0 radical (unpaired) electrons. The Morgan fingerprint density at radius 1 is 1.32 bits per heavy atom. The maximum absolute atomic E-state index is 12.9. The summed E-state index contributed by atoms with van der Waals surface area (Å²) in [6, 6.07) is 8.14. The Hall–Kier alpha value is -1.87. The van der Waals surface area contributed by atoms with Crippen LogP contribution in [-0.4, -0.2) is 49.3 Å². The SMILES string of the molecule is COCCNC(=S)N1CCC(c2[nH+]c(C(=O)[NH2+]c3ccccc3C(C)(C)C)cs2)CC1. The molecule has 168 valence electrons. The molecule has 6 nitrogen and oxygen atoms in total. The fraction of sp³-hybridized carbons (Fsp3) is 0.522. The second-order valence-electron chi connectivity index (χ2n) is 8.97. The number of aromatic amines is 1. The first kappa shape index (κ1) is 23.8. The van der Waals surface area contributed by atoms with Crippen molar-refractivity contribution in [3.63, 3.8) is 0 Å². The molecular formula is C23H34N4O2S2+2. The van der Waals surface area contributed by atoms with Gasteiger partial charge in [-0.3, -0.25) is 0 Å². The predicted octanol–water partition coefficient (Wildman–Crippen LogP) is 2.60. The highest BCUT2D eigenvalue weighted by molar-refractivity contribution is 7.80. The molecule has 2 heterocycles. The summed E-state index contributed by atoms with van der Waals surface area (Å²) < 4.78 is 5.06. The minimum absolute atomic E-state index is 0.0101. The third-order valence-electron chi connectivity index (χ3n) is 5.62. The van der Waals surface area contributed by atoms with Gasteiger partial charge in [0.05, 0.1) is 17.9 Å². The predicted molar refractivity (Wildman–Crippen MR) is 128 cm³/mol. The van der Waals surface area contributed by atoms with E-state index in [2.05, 4.69) is 42.0 Å². The molecule has 0 atom stereocenters. The zero-order chi connectivity index (χ0) is 22.4. The van der Waals surface area contributed by atoms with E-state index in [-0.39, 0.29) is 11.3 Å². The second kappa shape index (κ2) is 10.6. The number of nitrogens with two attached hydrogens (primary N) is 1. The molecule has 1 saturated heterocycles. The zero-order valence-electron chi connectivity index (χ0n) is 18.9. The molecule has 31 heavy (non-hydrogen) atoms. The number of carbonyl (C=O) groups excluding carboxylic acids is 1. The van der Waals surface area contributed by atoms with Gasteiger partial charge in [0, 0.05) is 32.3 Å². The lowest BCUT2D eigenvalue weighted by atomic mass is 9.86. The lowest BCUT2D eigenvalue weighted by molar-refractivity contribution is -0.482. The van der Waals surface area contributed by atoms with Crippen LogP contribution >= 0.6 is 23.6 Å². The number of rotatable bonds is 6. The van der Waals surface area contributed by atoms with Crippen molar-refractivity contribution in [3.8, 4) is 0 Å². The highest BCUT2D eigenvalue weighted by atomic mass is 32.1. The number of likely N-dealkylation sites (tertiary alicyclic amines) is 1. The lowest BCUT2D eigenvalue weighted by Gasteiger charge is -2.32. The number of hydrogen-bond donors (Lipinski definition) is 2. The Labute approximate surface area is 194 Å². The van der Waals surface area contributed by atoms with Crippen molar-refractivity contribution in [3.05, 3.63) is 45.9 Å². The summed E-state index contributed by atoms with van der Waals surface area (Å²) in [7, 11) is 1.69. The molecule has 2 aromatic rings. The van der Waals surface area contributed by atoms with E-state index >= 15 is 0 Å². The average molecular weight is 463 g/mol. The number of thiocarbonyl (C=S) groups is 1. The van der Waals surface area contributed by atoms with Gasteiger partial charge < -0.3 is 15.0 Å². The monoisotopic (exact) mass is 462 g/mol. The highest BCUT2D eigenvalue weighted by Gasteiger charge is 2.31. The molecular weight excluding hydrogens is 428 g/mol. The van der Waals surface area contributed by atoms with E-state index in [0.29, 0.717) is 18.2 Å². The van der Waals surface area contributed by atoms with Gasteiger partial charge in [-0.15, -0.1) is 0 Å². The third kappa shape index (κ3) is 6.32. The summed E-state index contributed by atoms with van der Waals surface area (Å²) in [4.78, 5) is 18.6. The molecule has 0 spiro atoms. The quantitative estimate of drug-likeness (QED) is 0.392. The Bertz CT molecular complexity index is 899. The van der Waals surface area contributed by atoms with Crippen molar-refractivity contribution in [2.75, 3.05) is 33.4 Å². The van der Waals surface area contributed by atoms with E-state index in [4.69, 9.17) is 17.0 Å². The van der Waals surface area contributed by atoms with Crippen molar-refractivity contribution in [1.29, 1.82) is 0 Å². The van der Waals surface area contributed by atoms with E-state index in [1.807, 2.05) is 23.6 Å². The first-order chi connectivity index (χ1) is 14.8. The molecule has 8 heteroatoms. The maximum atomic E-state index is 12.9. The van der Waals surface area contributed by atoms with Crippen LogP contribution in [0.25, 0.3) is 0 Å². The number of nitrogens with zero attached hydrogens (tertiary/aromatic N) is 1. The van der Waals surface area contributed by atoms with Crippen LogP contribution in [0.3, 0.4) is 0 Å². The van der Waals surface area contributed by atoms with Gasteiger partial charge in [0.2, 0.25) is 5.01 Å². The van der Waals surface area contributed by atoms with Crippen LogP contribution in [0.15, 0.2) is 29.6 Å². The molecule has 4 N–H and O–H groups in total. The Kier molecular flexibility index (Phi) is 8.16. The summed E-state index contributed by atoms with van der Waals surface area (Å²) in [6.45, 7) is 9.73. The fourth-order valence-electron chi connectivity index (χ4n) is 3.87. The van der Waals surface area contributed by atoms with Crippen LogP contribution in [0, 0.1) is 0 Å². The summed E-state index contributed by atoms with van der Waals surface area (Å²) in [5.41, 5.74) is 2.83. The number of nitrogens with one attached hydrogen (secondary N) is 2. The molecule has 1 aromatic carbocycles. The van der Waals surface area contributed by atoms with Crippen LogP contribution in [0.2, 0.25) is 0 Å². The number of piperidine rings is 1. The molecule has 0 aliphatic carbocycles. The van der Waals surface area contributed by atoms with Gasteiger partial charge in [0.25, 0.3) is 0 Å².